The number of carbonyl (C=O) groups excluding carboxylic acids is 4. The molecule has 0 aromatic carbocycles. The zero-order valence-electron chi connectivity index (χ0n) is 7.21. The standard InChI is InChI=1S/2C2HFO3.2Li/c2*3-1(4)2(5)6;;/h2*(H,5,6);;/q;;2*+1/p-2. The SMILES string of the molecule is O=C([O-])C(=O)F.O=C([O-])C(=O)F.[Li+].[Li+]. The molecule has 0 radical (unpaired) electrons. The van der Waals surface area contributed by atoms with Crippen molar-refractivity contribution in [2.45, 2.75) is 0 Å². The van der Waals surface area contributed by atoms with Gasteiger partial charge in [0, 0.05) is 0 Å². The Balaban J connectivity index is -0.0000000625. The molecule has 0 aromatic heterocycles. The Morgan fingerprint density at radius 3 is 0.786 bits per heavy atom. The van der Waals surface area contributed by atoms with Crippen LogP contribution in [0.5, 0.6) is 0 Å². The van der Waals surface area contributed by atoms with Crippen LogP contribution in [0.2, 0.25) is 0 Å². The molecule has 0 aromatic rings. The average molecular weight is 196 g/mol. The third-order valence-electron chi connectivity index (χ3n) is 0.321. The molecule has 0 heterocycles. The van der Waals surface area contributed by atoms with E-state index in [4.69, 9.17) is 29.4 Å². The summed E-state index contributed by atoms with van der Waals surface area (Å²) < 4.78 is 21.0. The maximum absolute atomic E-state index is 10.5. The number of carboxylic acids is 2. The van der Waals surface area contributed by atoms with Crippen molar-refractivity contribution in [1.82, 2.24) is 0 Å². The monoisotopic (exact) mass is 196 g/mol. The normalized spacial score (nSPS) is 6.43. The van der Waals surface area contributed by atoms with Crippen LogP contribution in [-0.4, -0.2) is 24.0 Å². The van der Waals surface area contributed by atoms with Gasteiger partial charge in [-0.2, -0.15) is 8.78 Å². The number of halogens is 2. The summed E-state index contributed by atoms with van der Waals surface area (Å²) in [6, 6.07) is -4.87. The van der Waals surface area contributed by atoms with E-state index < -0.39 is 24.0 Å². The van der Waals surface area contributed by atoms with E-state index in [0.717, 1.165) is 0 Å². The van der Waals surface area contributed by atoms with Crippen molar-refractivity contribution in [3.8, 4) is 0 Å². The molecule has 0 saturated heterocycles. The van der Waals surface area contributed by atoms with E-state index in [1.54, 1.807) is 0 Å². The van der Waals surface area contributed by atoms with Crippen LogP contribution in [0.15, 0.2) is 0 Å². The second kappa shape index (κ2) is 12.3. The van der Waals surface area contributed by atoms with Crippen molar-refractivity contribution in [3.63, 3.8) is 0 Å². The van der Waals surface area contributed by atoms with Crippen LogP contribution in [0.1, 0.15) is 0 Å². The molecule has 0 unspecified atom stereocenters. The summed E-state index contributed by atoms with van der Waals surface area (Å²) in [6.07, 6.45) is 0. The number of hydrogen-bond donors (Lipinski definition) is 0. The smallest absolute Gasteiger partial charge is 0.540 e. The maximum Gasteiger partial charge on any atom is 1.00 e. The van der Waals surface area contributed by atoms with Crippen molar-refractivity contribution in [2.24, 2.45) is 0 Å². The summed E-state index contributed by atoms with van der Waals surface area (Å²) in [7, 11) is 0. The molecule has 10 heteroatoms. The summed E-state index contributed by atoms with van der Waals surface area (Å²) in [5.74, 6) is -4.59. The summed E-state index contributed by atoms with van der Waals surface area (Å²) in [5, 5.41) is 17.7. The Labute approximate surface area is 100 Å². The van der Waals surface area contributed by atoms with Gasteiger partial charge in [0.1, 0.15) is 11.9 Å². The van der Waals surface area contributed by atoms with E-state index in [0.29, 0.717) is 0 Å². The van der Waals surface area contributed by atoms with Crippen LogP contribution in [0, 0.1) is 0 Å². The minimum atomic E-state index is -2.44. The summed E-state index contributed by atoms with van der Waals surface area (Å²) in [6.45, 7) is 0. The minimum Gasteiger partial charge on any atom is -0.540 e. The topological polar surface area (TPSA) is 114 Å². The first-order valence-electron chi connectivity index (χ1n) is 2.10. The molecule has 0 atom stereocenters. The first-order chi connectivity index (χ1) is 5.29. The van der Waals surface area contributed by atoms with E-state index in [1.165, 1.54) is 0 Å². The van der Waals surface area contributed by atoms with Crippen molar-refractivity contribution in [2.75, 3.05) is 0 Å². The van der Waals surface area contributed by atoms with E-state index in [9.17, 15) is 8.78 Å². The van der Waals surface area contributed by atoms with Gasteiger partial charge in [0.05, 0.1) is 0 Å². The Morgan fingerprint density at radius 2 is 0.786 bits per heavy atom. The fourth-order valence-corrected chi connectivity index (χ4v) is 0. The van der Waals surface area contributed by atoms with Crippen molar-refractivity contribution < 1.29 is 75.9 Å². The molecule has 0 bridgehead atoms. The number of rotatable bonds is 2. The molecule has 0 fully saturated rings. The molecular weight excluding hydrogens is 196 g/mol. The van der Waals surface area contributed by atoms with E-state index in [2.05, 4.69) is 0 Å². The van der Waals surface area contributed by atoms with E-state index >= 15 is 0 Å². The third kappa shape index (κ3) is 22.5. The molecule has 0 saturated carbocycles. The van der Waals surface area contributed by atoms with Gasteiger partial charge in [-0.3, -0.25) is 9.59 Å². The third-order valence-corrected chi connectivity index (χ3v) is 0.321. The van der Waals surface area contributed by atoms with Crippen LogP contribution in [0.3, 0.4) is 0 Å². The minimum absolute atomic E-state index is 0. The molecule has 0 spiro atoms. The van der Waals surface area contributed by atoms with Crippen LogP contribution in [0.25, 0.3) is 0 Å². The zero-order valence-corrected chi connectivity index (χ0v) is 7.21. The summed E-state index contributed by atoms with van der Waals surface area (Å²) in [4.78, 5) is 35.4. The van der Waals surface area contributed by atoms with Crippen LogP contribution < -0.4 is 47.9 Å². The summed E-state index contributed by atoms with van der Waals surface area (Å²) >= 11 is 0. The molecule has 0 amide bonds. The quantitative estimate of drug-likeness (QED) is 0.246. The maximum atomic E-state index is 10.5. The van der Waals surface area contributed by atoms with Gasteiger partial charge < -0.3 is 19.8 Å². The van der Waals surface area contributed by atoms with Gasteiger partial charge in [-0.1, -0.05) is 0 Å². The predicted octanol–water partition coefficient (Wildman–Crippen LogP) is -9.53. The van der Waals surface area contributed by atoms with Crippen LogP contribution >= 0.6 is 0 Å². The number of hydrogen-bond acceptors (Lipinski definition) is 6. The molecule has 0 aliphatic rings. The molecule has 0 aliphatic heterocycles. The van der Waals surface area contributed by atoms with Gasteiger partial charge in [0.15, 0.2) is 0 Å². The molecular formula is C4F2Li2O6. The fourth-order valence-electron chi connectivity index (χ4n) is 0. The van der Waals surface area contributed by atoms with E-state index in [1.807, 2.05) is 0 Å². The average Bonchev–Trinajstić information content (AvgIpc) is 1.88. The van der Waals surface area contributed by atoms with Crippen molar-refractivity contribution in [1.29, 1.82) is 0 Å². The molecule has 0 rings (SSSR count). The van der Waals surface area contributed by atoms with Gasteiger partial charge in [-0.25, -0.2) is 0 Å². The predicted molar refractivity (Wildman–Crippen MR) is 22.2 cm³/mol. The Hall–Kier alpha value is -0.665. The van der Waals surface area contributed by atoms with Gasteiger partial charge in [-0.15, -0.1) is 0 Å². The molecule has 0 N–H and O–H groups in total. The Morgan fingerprint density at radius 1 is 0.714 bits per heavy atom. The Kier molecular flexibility index (Phi) is 20.5. The van der Waals surface area contributed by atoms with Gasteiger partial charge in [0.25, 0.3) is 0 Å². The van der Waals surface area contributed by atoms with Crippen molar-refractivity contribution >= 4 is 24.0 Å². The molecule has 6 nitrogen and oxygen atoms in total. The number of carboxylic acid groups (broad SMARTS) is 2. The number of carbonyl (C=O) groups is 4. The summed E-state index contributed by atoms with van der Waals surface area (Å²) in [5.41, 5.74) is 0. The first-order valence-corrected chi connectivity index (χ1v) is 2.10. The number of aliphatic carboxylic acids is 2. The second-order valence-corrected chi connectivity index (χ2v) is 1.12. The Bertz CT molecular complexity index is 182. The van der Waals surface area contributed by atoms with Crippen LogP contribution in [0.4, 0.5) is 8.78 Å². The van der Waals surface area contributed by atoms with Crippen LogP contribution in [-0.2, 0) is 19.2 Å². The van der Waals surface area contributed by atoms with Gasteiger partial charge in [0.2, 0.25) is 0 Å². The van der Waals surface area contributed by atoms with Gasteiger partial charge >= 0.3 is 49.8 Å². The molecule has 14 heavy (non-hydrogen) atoms. The van der Waals surface area contributed by atoms with E-state index in [-0.39, 0.29) is 37.7 Å². The molecule has 68 valence electrons. The van der Waals surface area contributed by atoms with Gasteiger partial charge in [-0.05, 0) is 0 Å². The molecule has 0 aliphatic carbocycles. The zero-order chi connectivity index (χ0) is 10.3. The van der Waals surface area contributed by atoms with Crippen molar-refractivity contribution in [3.05, 3.63) is 0 Å². The largest absolute Gasteiger partial charge is 1.00 e. The second-order valence-electron chi connectivity index (χ2n) is 1.12. The fraction of sp³-hybridized carbons (Fsp3) is 0. The first kappa shape index (κ1) is 23.3.